The molecule has 0 bridgehead atoms. The number of nitrogens with zero attached hydrogens (tertiary/aromatic N) is 2. The molecule has 2 heterocycles. The molecule has 2 aliphatic rings. The fraction of sp³-hybridized carbons (Fsp3) is 0.429. The molecule has 0 unspecified atom stereocenters. The van der Waals surface area contributed by atoms with Crippen molar-refractivity contribution in [1.82, 2.24) is 9.80 Å². The zero-order valence-corrected chi connectivity index (χ0v) is 15.5. The Morgan fingerprint density at radius 1 is 1.19 bits per heavy atom. The lowest BCUT2D eigenvalue weighted by molar-refractivity contribution is -0.143. The Balaban J connectivity index is 1.46. The number of fused-ring (bicyclic) bond motifs is 1. The van der Waals surface area contributed by atoms with Crippen molar-refractivity contribution in [2.45, 2.75) is 18.9 Å². The summed E-state index contributed by atoms with van der Waals surface area (Å²) in [6, 6.07) is 12.2. The third-order valence-electron chi connectivity index (χ3n) is 5.36. The van der Waals surface area contributed by atoms with Crippen molar-refractivity contribution < 1.29 is 19.1 Å². The molecule has 142 valence electrons. The van der Waals surface area contributed by atoms with E-state index in [0.29, 0.717) is 32.7 Å². The van der Waals surface area contributed by atoms with E-state index in [1.807, 2.05) is 29.2 Å². The first-order chi connectivity index (χ1) is 13.1. The van der Waals surface area contributed by atoms with Crippen LogP contribution in [0.3, 0.4) is 0 Å². The van der Waals surface area contributed by atoms with Gasteiger partial charge in [-0.1, -0.05) is 18.2 Å². The highest BCUT2D eigenvalue weighted by Crippen LogP contribution is 2.28. The van der Waals surface area contributed by atoms with E-state index in [1.54, 1.807) is 12.0 Å². The Labute approximate surface area is 158 Å². The van der Waals surface area contributed by atoms with Crippen LogP contribution in [0.1, 0.15) is 24.5 Å². The molecule has 2 aliphatic heterocycles. The van der Waals surface area contributed by atoms with Crippen molar-refractivity contribution in [2.24, 2.45) is 0 Å². The molecule has 0 N–H and O–H groups in total. The Kier molecular flexibility index (Phi) is 4.99. The van der Waals surface area contributed by atoms with E-state index in [1.165, 1.54) is 0 Å². The van der Waals surface area contributed by atoms with Crippen molar-refractivity contribution in [3.63, 3.8) is 0 Å². The minimum atomic E-state index is -0.150. The van der Waals surface area contributed by atoms with Gasteiger partial charge in [-0.3, -0.25) is 9.59 Å². The predicted octanol–water partition coefficient (Wildman–Crippen LogP) is 2.37. The van der Waals surface area contributed by atoms with E-state index in [4.69, 9.17) is 9.47 Å². The second-order valence-corrected chi connectivity index (χ2v) is 7.09. The van der Waals surface area contributed by atoms with Gasteiger partial charge in [-0.25, -0.2) is 0 Å². The molecule has 6 nitrogen and oxygen atoms in total. The molecule has 2 aromatic carbocycles. The minimum Gasteiger partial charge on any atom is -0.497 e. The summed E-state index contributed by atoms with van der Waals surface area (Å²) in [6.07, 6.45) is 1.25. The van der Waals surface area contributed by atoms with E-state index < -0.39 is 0 Å². The number of carbonyl (C=O) groups is 2. The topological polar surface area (TPSA) is 59.1 Å². The number of amides is 2. The quantitative estimate of drug-likeness (QED) is 0.831. The number of hydrogen-bond acceptors (Lipinski definition) is 4. The van der Waals surface area contributed by atoms with Crippen LogP contribution >= 0.6 is 0 Å². The van der Waals surface area contributed by atoms with Crippen LogP contribution in [-0.2, 0) is 14.3 Å². The molecular formula is C21H24N2O4. The average Bonchev–Trinajstić information content (AvgIpc) is 3.11. The second kappa shape index (κ2) is 7.56. The van der Waals surface area contributed by atoms with Crippen molar-refractivity contribution in [2.75, 3.05) is 39.9 Å². The van der Waals surface area contributed by atoms with Gasteiger partial charge in [-0.2, -0.15) is 0 Å². The standard InChI is InChI=1S/C21H24N2O4/c1-26-18-7-6-15-11-17(5-4-16(15)12-18)19-13-23(9-10-27-19)21(25)14-22-8-2-3-20(22)24/h4-7,11-12,19H,2-3,8-10,13-14H2,1H3/t19-/m0/s1. The van der Waals surface area contributed by atoms with E-state index in [-0.39, 0.29) is 24.5 Å². The zero-order chi connectivity index (χ0) is 18.8. The van der Waals surface area contributed by atoms with Crippen LogP contribution in [0.4, 0.5) is 0 Å². The first-order valence-electron chi connectivity index (χ1n) is 9.39. The van der Waals surface area contributed by atoms with Gasteiger partial charge in [0.2, 0.25) is 11.8 Å². The number of likely N-dealkylation sites (tertiary alicyclic amines) is 1. The SMILES string of the molecule is COc1ccc2cc([C@@H]3CN(C(=O)CN4CCCC4=O)CCO3)ccc2c1. The summed E-state index contributed by atoms with van der Waals surface area (Å²) >= 11 is 0. The predicted molar refractivity (Wildman–Crippen MR) is 102 cm³/mol. The number of benzene rings is 2. The molecule has 2 saturated heterocycles. The fourth-order valence-corrected chi connectivity index (χ4v) is 3.78. The van der Waals surface area contributed by atoms with Gasteiger partial charge in [-0.15, -0.1) is 0 Å². The Hall–Kier alpha value is -2.60. The number of rotatable bonds is 4. The van der Waals surface area contributed by atoms with Crippen molar-refractivity contribution in [1.29, 1.82) is 0 Å². The Morgan fingerprint density at radius 3 is 2.78 bits per heavy atom. The largest absolute Gasteiger partial charge is 0.497 e. The van der Waals surface area contributed by atoms with Crippen LogP contribution in [0, 0.1) is 0 Å². The molecule has 0 aliphatic carbocycles. The third kappa shape index (κ3) is 3.76. The first kappa shape index (κ1) is 17.8. The molecule has 2 fully saturated rings. The monoisotopic (exact) mass is 368 g/mol. The molecule has 0 aromatic heterocycles. The van der Waals surface area contributed by atoms with Crippen LogP contribution in [0.25, 0.3) is 10.8 Å². The first-order valence-corrected chi connectivity index (χ1v) is 9.39. The van der Waals surface area contributed by atoms with Crippen LogP contribution in [0.2, 0.25) is 0 Å². The summed E-state index contributed by atoms with van der Waals surface area (Å²) in [4.78, 5) is 27.9. The lowest BCUT2D eigenvalue weighted by Gasteiger charge is -2.34. The van der Waals surface area contributed by atoms with Gasteiger partial charge in [0.25, 0.3) is 0 Å². The maximum atomic E-state index is 12.6. The van der Waals surface area contributed by atoms with Gasteiger partial charge in [0.1, 0.15) is 11.9 Å². The molecule has 0 radical (unpaired) electrons. The highest BCUT2D eigenvalue weighted by molar-refractivity contribution is 5.86. The molecule has 2 aromatic rings. The van der Waals surface area contributed by atoms with Crippen molar-refractivity contribution >= 4 is 22.6 Å². The highest BCUT2D eigenvalue weighted by atomic mass is 16.5. The van der Waals surface area contributed by atoms with E-state index in [0.717, 1.165) is 28.5 Å². The van der Waals surface area contributed by atoms with Crippen LogP contribution in [0.15, 0.2) is 36.4 Å². The number of morpholine rings is 1. The smallest absolute Gasteiger partial charge is 0.242 e. The molecule has 0 spiro atoms. The molecule has 4 rings (SSSR count). The van der Waals surface area contributed by atoms with Gasteiger partial charge in [0.05, 0.1) is 26.8 Å². The van der Waals surface area contributed by atoms with Gasteiger partial charge in [0, 0.05) is 19.5 Å². The molecule has 2 amide bonds. The van der Waals surface area contributed by atoms with Crippen molar-refractivity contribution in [3.05, 3.63) is 42.0 Å². The van der Waals surface area contributed by atoms with Gasteiger partial charge >= 0.3 is 0 Å². The molecular weight excluding hydrogens is 344 g/mol. The molecule has 0 saturated carbocycles. The summed E-state index contributed by atoms with van der Waals surface area (Å²) < 4.78 is 11.2. The minimum absolute atomic E-state index is 0.00377. The van der Waals surface area contributed by atoms with Gasteiger partial charge in [-0.05, 0) is 41.0 Å². The summed E-state index contributed by atoms with van der Waals surface area (Å²) in [5.74, 6) is 0.916. The van der Waals surface area contributed by atoms with E-state index in [2.05, 4.69) is 12.1 Å². The number of carbonyl (C=O) groups excluding carboxylic acids is 2. The summed E-state index contributed by atoms with van der Waals surface area (Å²) in [6.45, 7) is 2.46. The summed E-state index contributed by atoms with van der Waals surface area (Å²) in [5, 5.41) is 2.22. The Morgan fingerprint density at radius 2 is 2.00 bits per heavy atom. The Bertz CT molecular complexity index is 866. The molecule has 1 atom stereocenters. The number of ether oxygens (including phenoxy) is 2. The maximum absolute atomic E-state index is 12.6. The maximum Gasteiger partial charge on any atom is 0.242 e. The lowest BCUT2D eigenvalue weighted by atomic mass is 10.0. The zero-order valence-electron chi connectivity index (χ0n) is 15.5. The molecule has 27 heavy (non-hydrogen) atoms. The average molecular weight is 368 g/mol. The summed E-state index contributed by atoms with van der Waals surface area (Å²) in [7, 11) is 1.66. The third-order valence-corrected chi connectivity index (χ3v) is 5.36. The number of methoxy groups -OCH3 is 1. The summed E-state index contributed by atoms with van der Waals surface area (Å²) in [5.41, 5.74) is 1.06. The van der Waals surface area contributed by atoms with E-state index in [9.17, 15) is 9.59 Å². The fourth-order valence-electron chi connectivity index (χ4n) is 3.78. The van der Waals surface area contributed by atoms with Crippen LogP contribution in [0.5, 0.6) is 5.75 Å². The van der Waals surface area contributed by atoms with Crippen molar-refractivity contribution in [3.8, 4) is 5.75 Å². The van der Waals surface area contributed by atoms with E-state index >= 15 is 0 Å². The van der Waals surface area contributed by atoms with Gasteiger partial charge in [0.15, 0.2) is 0 Å². The van der Waals surface area contributed by atoms with Crippen LogP contribution < -0.4 is 4.74 Å². The second-order valence-electron chi connectivity index (χ2n) is 7.09. The highest BCUT2D eigenvalue weighted by Gasteiger charge is 2.29. The number of hydrogen-bond donors (Lipinski definition) is 0. The van der Waals surface area contributed by atoms with Crippen LogP contribution in [-0.4, -0.2) is 61.5 Å². The lowest BCUT2D eigenvalue weighted by Crippen LogP contribution is -2.46. The normalized spacial score (nSPS) is 20.3. The van der Waals surface area contributed by atoms with Gasteiger partial charge < -0.3 is 19.3 Å². The molecule has 6 heteroatoms.